The summed E-state index contributed by atoms with van der Waals surface area (Å²) < 4.78 is 5.66. The zero-order valence-corrected chi connectivity index (χ0v) is 12.5. The van der Waals surface area contributed by atoms with Gasteiger partial charge in [-0.1, -0.05) is 26.0 Å². The highest BCUT2D eigenvalue weighted by atomic mass is 16.5. The average molecular weight is 276 g/mol. The first kappa shape index (κ1) is 15.0. The van der Waals surface area contributed by atoms with Crippen LogP contribution in [0.25, 0.3) is 0 Å². The minimum absolute atomic E-state index is 0.0123. The van der Waals surface area contributed by atoms with Crippen molar-refractivity contribution in [2.75, 3.05) is 18.5 Å². The van der Waals surface area contributed by atoms with Gasteiger partial charge in [0.05, 0.1) is 6.10 Å². The third-order valence-corrected chi connectivity index (χ3v) is 3.92. The topological polar surface area (TPSA) is 55.6 Å². The smallest absolute Gasteiger partial charge is 0.255 e. The van der Waals surface area contributed by atoms with E-state index in [1.54, 1.807) is 11.9 Å². The van der Waals surface area contributed by atoms with E-state index in [4.69, 9.17) is 10.5 Å². The van der Waals surface area contributed by atoms with E-state index in [2.05, 4.69) is 26.0 Å². The Morgan fingerprint density at radius 2 is 2.00 bits per heavy atom. The molecule has 110 valence electrons. The quantitative estimate of drug-likeness (QED) is 0.918. The molecule has 2 rings (SSSR count). The van der Waals surface area contributed by atoms with Crippen molar-refractivity contribution in [2.24, 2.45) is 5.73 Å². The summed E-state index contributed by atoms with van der Waals surface area (Å²) in [4.78, 5) is 14.1. The largest absolute Gasteiger partial charge is 0.364 e. The van der Waals surface area contributed by atoms with E-state index in [-0.39, 0.29) is 18.1 Å². The van der Waals surface area contributed by atoms with Crippen molar-refractivity contribution in [2.45, 2.75) is 44.8 Å². The molecule has 1 heterocycles. The maximum atomic E-state index is 12.4. The van der Waals surface area contributed by atoms with Crippen molar-refractivity contribution in [3.8, 4) is 0 Å². The molecule has 4 nitrogen and oxygen atoms in total. The van der Waals surface area contributed by atoms with Crippen LogP contribution in [0, 0.1) is 0 Å². The van der Waals surface area contributed by atoms with Crippen LogP contribution >= 0.6 is 0 Å². The molecular weight excluding hydrogens is 252 g/mol. The summed E-state index contributed by atoms with van der Waals surface area (Å²) in [5.41, 5.74) is 7.75. The highest BCUT2D eigenvalue weighted by Crippen LogP contribution is 2.24. The van der Waals surface area contributed by atoms with Gasteiger partial charge in [0.2, 0.25) is 0 Å². The highest BCUT2D eigenvalue weighted by molar-refractivity contribution is 5.96. The third kappa shape index (κ3) is 3.19. The second kappa shape index (κ2) is 6.37. The van der Waals surface area contributed by atoms with Crippen molar-refractivity contribution < 1.29 is 9.53 Å². The molecule has 0 aliphatic carbocycles. The Labute approximate surface area is 120 Å². The SMILES string of the molecule is CC(C)c1ccc(N(C)C(=O)[C@@H]2CC[C@H](CN)O2)cc1. The molecule has 0 bridgehead atoms. The number of amides is 1. The fourth-order valence-corrected chi connectivity index (χ4v) is 2.49. The number of anilines is 1. The monoisotopic (exact) mass is 276 g/mol. The lowest BCUT2D eigenvalue weighted by molar-refractivity contribution is -0.128. The van der Waals surface area contributed by atoms with Gasteiger partial charge in [-0.2, -0.15) is 0 Å². The van der Waals surface area contributed by atoms with Crippen LogP contribution in [0.3, 0.4) is 0 Å². The van der Waals surface area contributed by atoms with Gasteiger partial charge in [-0.25, -0.2) is 0 Å². The Morgan fingerprint density at radius 1 is 1.35 bits per heavy atom. The molecule has 0 saturated carbocycles. The number of hydrogen-bond acceptors (Lipinski definition) is 3. The van der Waals surface area contributed by atoms with Gasteiger partial charge in [-0.05, 0) is 36.5 Å². The zero-order valence-electron chi connectivity index (χ0n) is 12.5. The summed E-state index contributed by atoms with van der Waals surface area (Å²) in [7, 11) is 1.80. The van der Waals surface area contributed by atoms with Crippen LogP contribution in [0.2, 0.25) is 0 Å². The van der Waals surface area contributed by atoms with Crippen molar-refractivity contribution in [1.29, 1.82) is 0 Å². The van der Waals surface area contributed by atoms with Crippen LogP contribution in [-0.4, -0.2) is 31.7 Å². The van der Waals surface area contributed by atoms with Crippen molar-refractivity contribution in [1.82, 2.24) is 0 Å². The van der Waals surface area contributed by atoms with Crippen LogP contribution in [0.1, 0.15) is 38.2 Å². The van der Waals surface area contributed by atoms with Crippen molar-refractivity contribution in [3.05, 3.63) is 29.8 Å². The van der Waals surface area contributed by atoms with E-state index < -0.39 is 0 Å². The Kier molecular flexibility index (Phi) is 4.78. The van der Waals surface area contributed by atoms with E-state index in [9.17, 15) is 4.79 Å². The van der Waals surface area contributed by atoms with Crippen molar-refractivity contribution in [3.63, 3.8) is 0 Å². The molecule has 1 aromatic rings. The fourth-order valence-electron chi connectivity index (χ4n) is 2.49. The number of carbonyl (C=O) groups is 1. The highest BCUT2D eigenvalue weighted by Gasteiger charge is 2.32. The minimum atomic E-state index is -0.349. The number of rotatable bonds is 4. The van der Waals surface area contributed by atoms with E-state index in [0.29, 0.717) is 12.5 Å². The van der Waals surface area contributed by atoms with Crippen LogP contribution in [0.15, 0.2) is 24.3 Å². The first-order valence-electron chi connectivity index (χ1n) is 7.26. The summed E-state index contributed by atoms with van der Waals surface area (Å²) in [6.45, 7) is 4.79. The molecule has 0 radical (unpaired) electrons. The minimum Gasteiger partial charge on any atom is -0.364 e. The van der Waals surface area contributed by atoms with Gasteiger partial charge in [-0.3, -0.25) is 4.79 Å². The van der Waals surface area contributed by atoms with Gasteiger partial charge in [0.1, 0.15) is 6.10 Å². The predicted molar refractivity (Wildman–Crippen MR) is 80.9 cm³/mol. The molecular formula is C16H24N2O2. The van der Waals surface area contributed by atoms with Crippen LogP contribution in [0.4, 0.5) is 5.69 Å². The lowest BCUT2D eigenvalue weighted by Gasteiger charge is -2.22. The fraction of sp³-hybridized carbons (Fsp3) is 0.562. The predicted octanol–water partition coefficient (Wildman–Crippen LogP) is 2.28. The average Bonchev–Trinajstić information content (AvgIpc) is 2.94. The standard InChI is InChI=1S/C16H24N2O2/c1-11(2)12-4-6-13(7-5-12)18(3)16(19)15-9-8-14(10-17)20-15/h4-7,11,14-15H,8-10,17H2,1-3H3/t14-,15+/m1/s1. The number of likely N-dealkylation sites (N-methyl/N-ethyl adjacent to an activating group) is 1. The van der Waals surface area contributed by atoms with Gasteiger partial charge in [0, 0.05) is 19.3 Å². The number of carbonyl (C=O) groups excluding carboxylic acids is 1. The molecule has 1 aromatic carbocycles. The van der Waals surface area contributed by atoms with Gasteiger partial charge in [0.15, 0.2) is 0 Å². The maximum absolute atomic E-state index is 12.4. The summed E-state index contributed by atoms with van der Waals surface area (Å²) in [6.07, 6.45) is 1.31. The molecule has 4 heteroatoms. The molecule has 2 atom stereocenters. The second-order valence-corrected chi connectivity index (χ2v) is 5.70. The summed E-state index contributed by atoms with van der Waals surface area (Å²) >= 11 is 0. The van der Waals surface area contributed by atoms with Gasteiger partial charge in [0.25, 0.3) is 5.91 Å². The Balaban J connectivity index is 2.03. The molecule has 1 saturated heterocycles. The number of benzene rings is 1. The molecule has 20 heavy (non-hydrogen) atoms. The zero-order chi connectivity index (χ0) is 14.7. The molecule has 0 spiro atoms. The lowest BCUT2D eigenvalue weighted by Crippen LogP contribution is -2.37. The first-order valence-corrected chi connectivity index (χ1v) is 7.26. The molecule has 0 aromatic heterocycles. The molecule has 2 N–H and O–H groups in total. The molecule has 1 amide bonds. The van der Waals surface area contributed by atoms with E-state index >= 15 is 0 Å². The number of nitrogens with two attached hydrogens (primary N) is 1. The molecule has 1 aliphatic rings. The molecule has 1 fully saturated rings. The van der Waals surface area contributed by atoms with Crippen LogP contribution in [0.5, 0.6) is 0 Å². The van der Waals surface area contributed by atoms with E-state index in [0.717, 1.165) is 18.5 Å². The van der Waals surface area contributed by atoms with Crippen LogP contribution in [-0.2, 0) is 9.53 Å². The van der Waals surface area contributed by atoms with Crippen LogP contribution < -0.4 is 10.6 Å². The normalized spacial score (nSPS) is 22.2. The summed E-state index contributed by atoms with van der Waals surface area (Å²) in [5.74, 6) is 0.506. The Bertz CT molecular complexity index is 456. The van der Waals surface area contributed by atoms with Gasteiger partial charge < -0.3 is 15.4 Å². The molecule has 0 unspecified atom stereocenters. The lowest BCUT2D eigenvalue weighted by atomic mass is 10.0. The van der Waals surface area contributed by atoms with E-state index in [1.165, 1.54) is 5.56 Å². The van der Waals surface area contributed by atoms with Gasteiger partial charge in [-0.15, -0.1) is 0 Å². The summed E-state index contributed by atoms with van der Waals surface area (Å²) in [6, 6.07) is 8.12. The first-order chi connectivity index (χ1) is 9.52. The Hall–Kier alpha value is -1.39. The van der Waals surface area contributed by atoms with E-state index in [1.807, 2.05) is 12.1 Å². The maximum Gasteiger partial charge on any atom is 0.255 e. The number of hydrogen-bond donors (Lipinski definition) is 1. The Morgan fingerprint density at radius 3 is 2.50 bits per heavy atom. The van der Waals surface area contributed by atoms with Gasteiger partial charge >= 0.3 is 0 Å². The summed E-state index contributed by atoms with van der Waals surface area (Å²) in [5, 5.41) is 0. The second-order valence-electron chi connectivity index (χ2n) is 5.70. The number of nitrogens with zero attached hydrogens (tertiary/aromatic N) is 1. The molecule has 1 aliphatic heterocycles. The van der Waals surface area contributed by atoms with Crippen molar-refractivity contribution >= 4 is 11.6 Å². The number of ether oxygens (including phenoxy) is 1. The third-order valence-electron chi connectivity index (χ3n) is 3.92.